The fourth-order valence-corrected chi connectivity index (χ4v) is 3.05. The summed E-state index contributed by atoms with van der Waals surface area (Å²) in [6.07, 6.45) is -0.563. The second kappa shape index (κ2) is 6.42. The molecule has 0 saturated carbocycles. The van der Waals surface area contributed by atoms with E-state index in [9.17, 15) is 5.11 Å². The topological polar surface area (TPSA) is 61.0 Å². The number of aliphatic hydroxyl groups is 1. The van der Waals surface area contributed by atoms with E-state index in [2.05, 4.69) is 11.4 Å². The Kier molecular flexibility index (Phi) is 4.84. The molecule has 0 spiro atoms. The maximum Gasteiger partial charge on any atom is 0.120 e. The van der Waals surface area contributed by atoms with Gasteiger partial charge in [0.15, 0.2) is 0 Å². The first-order valence-corrected chi connectivity index (χ1v) is 7.41. The van der Waals surface area contributed by atoms with Gasteiger partial charge >= 0.3 is 0 Å². The summed E-state index contributed by atoms with van der Waals surface area (Å²) in [6.45, 7) is 3.05. The smallest absolute Gasteiger partial charge is 0.120 e. The zero-order valence-electron chi connectivity index (χ0n) is 11.4. The van der Waals surface area contributed by atoms with Crippen molar-refractivity contribution in [3.63, 3.8) is 0 Å². The molecule has 0 amide bonds. The Balaban J connectivity index is 1.92. The Morgan fingerprint density at radius 1 is 1.55 bits per heavy atom. The molecular weight excluding hydrogens is 294 g/mol. The first-order chi connectivity index (χ1) is 9.52. The first-order valence-electron chi connectivity index (χ1n) is 6.22. The van der Waals surface area contributed by atoms with Gasteiger partial charge < -0.3 is 15.0 Å². The number of nitrogens with zero attached hydrogens (tertiary/aromatic N) is 2. The van der Waals surface area contributed by atoms with Crippen molar-refractivity contribution in [3.05, 3.63) is 44.4 Å². The predicted molar refractivity (Wildman–Crippen MR) is 80.9 cm³/mol. The van der Waals surface area contributed by atoms with Crippen LogP contribution in [0.3, 0.4) is 0 Å². The van der Waals surface area contributed by atoms with Gasteiger partial charge in [0.05, 0.1) is 4.34 Å². The highest BCUT2D eigenvalue weighted by Crippen LogP contribution is 2.26. The van der Waals surface area contributed by atoms with E-state index in [1.807, 2.05) is 30.7 Å². The van der Waals surface area contributed by atoms with Crippen LogP contribution in [0, 0.1) is 18.3 Å². The summed E-state index contributed by atoms with van der Waals surface area (Å²) in [5.74, 6) is 0. The molecule has 4 nitrogen and oxygen atoms in total. The van der Waals surface area contributed by atoms with Crippen molar-refractivity contribution in [2.45, 2.75) is 19.6 Å². The number of halogens is 1. The first kappa shape index (κ1) is 15.1. The van der Waals surface area contributed by atoms with Crippen LogP contribution < -0.4 is 5.32 Å². The van der Waals surface area contributed by atoms with E-state index in [1.165, 1.54) is 11.3 Å². The third-order valence-electron chi connectivity index (χ3n) is 3.33. The molecule has 1 atom stereocenters. The molecule has 106 valence electrons. The lowest BCUT2D eigenvalue weighted by Gasteiger charge is -2.10. The van der Waals surface area contributed by atoms with Crippen molar-refractivity contribution in [2.75, 3.05) is 6.54 Å². The quantitative estimate of drug-likeness (QED) is 0.893. The van der Waals surface area contributed by atoms with Crippen molar-refractivity contribution >= 4 is 22.9 Å². The summed E-state index contributed by atoms with van der Waals surface area (Å²) in [7, 11) is 1.87. The minimum atomic E-state index is -0.563. The number of hydrogen-bond acceptors (Lipinski definition) is 4. The summed E-state index contributed by atoms with van der Waals surface area (Å²) in [6, 6.07) is 7.65. The molecule has 0 aromatic carbocycles. The van der Waals surface area contributed by atoms with Crippen LogP contribution in [0.5, 0.6) is 0 Å². The third kappa shape index (κ3) is 3.22. The molecule has 0 aliphatic heterocycles. The van der Waals surface area contributed by atoms with Crippen molar-refractivity contribution in [1.29, 1.82) is 5.26 Å². The van der Waals surface area contributed by atoms with E-state index < -0.39 is 6.10 Å². The molecule has 2 aromatic heterocycles. The third-order valence-corrected chi connectivity index (χ3v) is 4.66. The van der Waals surface area contributed by atoms with E-state index in [4.69, 9.17) is 16.9 Å². The van der Waals surface area contributed by atoms with Crippen LogP contribution in [0.15, 0.2) is 18.2 Å². The highest BCUT2D eigenvalue weighted by atomic mass is 35.5. The molecule has 0 saturated heterocycles. The van der Waals surface area contributed by atoms with Crippen LogP contribution in [0.1, 0.15) is 27.9 Å². The number of nitriles is 1. The lowest BCUT2D eigenvalue weighted by Crippen LogP contribution is -2.20. The van der Waals surface area contributed by atoms with Crippen molar-refractivity contribution in [2.24, 2.45) is 7.05 Å². The molecule has 2 N–H and O–H groups in total. The lowest BCUT2D eigenvalue weighted by molar-refractivity contribution is 0.178. The second-order valence-electron chi connectivity index (χ2n) is 4.60. The van der Waals surface area contributed by atoms with Gasteiger partial charge in [0.2, 0.25) is 0 Å². The Morgan fingerprint density at radius 3 is 2.85 bits per heavy atom. The minimum absolute atomic E-state index is 0.451. The average molecular weight is 310 g/mol. The van der Waals surface area contributed by atoms with Gasteiger partial charge in [-0.25, -0.2) is 0 Å². The van der Waals surface area contributed by atoms with Gasteiger partial charge in [0.1, 0.15) is 17.9 Å². The number of aliphatic hydroxyl groups excluding tert-OH is 1. The molecule has 0 aliphatic rings. The Labute approximate surface area is 127 Å². The van der Waals surface area contributed by atoms with Crippen LogP contribution in [-0.4, -0.2) is 16.2 Å². The molecule has 6 heteroatoms. The van der Waals surface area contributed by atoms with Gasteiger partial charge in [-0.15, -0.1) is 11.3 Å². The molecule has 2 aromatic rings. The maximum atomic E-state index is 10.0. The minimum Gasteiger partial charge on any atom is -0.386 e. The van der Waals surface area contributed by atoms with Gasteiger partial charge in [0, 0.05) is 30.7 Å². The van der Waals surface area contributed by atoms with Crippen LogP contribution >= 0.6 is 22.9 Å². The van der Waals surface area contributed by atoms with Crippen molar-refractivity contribution < 1.29 is 5.11 Å². The molecule has 20 heavy (non-hydrogen) atoms. The van der Waals surface area contributed by atoms with E-state index in [0.29, 0.717) is 23.1 Å². The zero-order chi connectivity index (χ0) is 14.7. The molecule has 0 aliphatic carbocycles. The Morgan fingerprint density at radius 2 is 2.30 bits per heavy atom. The SMILES string of the molecule is Cc1c(CNCC(O)c2ccc(Cl)s2)cc(C#N)n1C. The summed E-state index contributed by atoms with van der Waals surface area (Å²) >= 11 is 7.23. The predicted octanol–water partition coefficient (Wildman–Crippen LogP) is 2.74. The standard InChI is InChI=1S/C14H16ClN3OS/c1-9-10(5-11(6-16)18(9)2)7-17-8-12(19)13-3-4-14(15)20-13/h3-5,12,17,19H,7-8H2,1-2H3. The summed E-state index contributed by atoms with van der Waals surface area (Å²) in [5.41, 5.74) is 2.77. The van der Waals surface area contributed by atoms with Crippen LogP contribution in [-0.2, 0) is 13.6 Å². The van der Waals surface area contributed by atoms with Crippen LogP contribution in [0.2, 0.25) is 4.34 Å². The normalized spacial score (nSPS) is 12.3. The summed E-state index contributed by atoms with van der Waals surface area (Å²) in [5, 5.41) is 22.2. The lowest BCUT2D eigenvalue weighted by atomic mass is 10.2. The summed E-state index contributed by atoms with van der Waals surface area (Å²) < 4.78 is 2.54. The van der Waals surface area contributed by atoms with E-state index >= 15 is 0 Å². The van der Waals surface area contributed by atoms with Gasteiger partial charge in [-0.05, 0) is 30.7 Å². The van der Waals surface area contributed by atoms with Gasteiger partial charge in [-0.3, -0.25) is 0 Å². The van der Waals surface area contributed by atoms with Crippen molar-refractivity contribution in [1.82, 2.24) is 9.88 Å². The molecular formula is C14H16ClN3OS. The molecule has 1 unspecified atom stereocenters. The van der Waals surface area contributed by atoms with E-state index in [-0.39, 0.29) is 0 Å². The molecule has 0 fully saturated rings. The van der Waals surface area contributed by atoms with Gasteiger partial charge in [-0.1, -0.05) is 11.6 Å². The molecule has 0 radical (unpaired) electrons. The zero-order valence-corrected chi connectivity index (χ0v) is 12.9. The van der Waals surface area contributed by atoms with E-state index in [1.54, 1.807) is 6.07 Å². The number of hydrogen-bond donors (Lipinski definition) is 2. The molecule has 0 bridgehead atoms. The van der Waals surface area contributed by atoms with Gasteiger partial charge in [0.25, 0.3) is 0 Å². The summed E-state index contributed by atoms with van der Waals surface area (Å²) in [4.78, 5) is 0.852. The number of thiophene rings is 1. The van der Waals surface area contributed by atoms with E-state index in [0.717, 1.165) is 16.1 Å². The van der Waals surface area contributed by atoms with Crippen LogP contribution in [0.25, 0.3) is 0 Å². The second-order valence-corrected chi connectivity index (χ2v) is 6.35. The van der Waals surface area contributed by atoms with Gasteiger partial charge in [-0.2, -0.15) is 5.26 Å². The maximum absolute atomic E-state index is 10.0. The molecule has 2 heterocycles. The average Bonchev–Trinajstić information content (AvgIpc) is 2.97. The highest BCUT2D eigenvalue weighted by Gasteiger charge is 2.11. The van der Waals surface area contributed by atoms with Crippen LogP contribution in [0.4, 0.5) is 0 Å². The largest absolute Gasteiger partial charge is 0.386 e. The highest BCUT2D eigenvalue weighted by molar-refractivity contribution is 7.16. The monoisotopic (exact) mass is 309 g/mol. The fourth-order valence-electron chi connectivity index (χ4n) is 2.00. The Bertz CT molecular complexity index is 641. The number of nitrogens with one attached hydrogen (secondary N) is 1. The number of aromatic nitrogens is 1. The van der Waals surface area contributed by atoms with Crippen molar-refractivity contribution in [3.8, 4) is 6.07 Å². The Hall–Kier alpha value is -1.32. The fraction of sp³-hybridized carbons (Fsp3) is 0.357. The number of rotatable bonds is 5. The molecule has 2 rings (SSSR count).